The van der Waals surface area contributed by atoms with Crippen LogP contribution in [0.1, 0.15) is 213 Å². The van der Waals surface area contributed by atoms with E-state index in [0.717, 1.165) is 103 Å². The minimum Gasteiger partial charge on any atom is -0.462 e. The van der Waals surface area contributed by atoms with Crippen LogP contribution in [0.15, 0.2) is 109 Å². The molecule has 0 saturated heterocycles. The van der Waals surface area contributed by atoms with E-state index >= 15 is 0 Å². The third kappa shape index (κ3) is 49.2. The van der Waals surface area contributed by atoms with Crippen LogP contribution in [0, 0.1) is 0 Å². The van der Waals surface area contributed by atoms with Crippen molar-refractivity contribution in [2.24, 2.45) is 0 Å². The van der Waals surface area contributed by atoms with Gasteiger partial charge >= 0.3 is 11.9 Å². The highest BCUT2D eigenvalue weighted by atomic mass is 16.6. The smallest absolute Gasteiger partial charge is 0.306 e. The molecule has 62 heavy (non-hydrogen) atoms. The fraction of sp³-hybridized carbons (Fsp3) is 0.649. The average Bonchev–Trinajstić information content (AvgIpc) is 3.27. The number of rotatable bonds is 45. The normalized spacial score (nSPS) is 13.1. The van der Waals surface area contributed by atoms with E-state index in [1.54, 1.807) is 0 Å². The summed E-state index contributed by atoms with van der Waals surface area (Å²) in [5.41, 5.74) is 0. The minimum atomic E-state index is -0.582. The molecule has 0 saturated carbocycles. The van der Waals surface area contributed by atoms with Crippen LogP contribution in [0.5, 0.6) is 0 Å². The first-order valence-corrected chi connectivity index (χ1v) is 25.4. The van der Waals surface area contributed by atoms with Crippen molar-refractivity contribution in [3.63, 3.8) is 0 Å². The number of hydrogen-bond donors (Lipinski definition) is 0. The number of hydrogen-bond acceptors (Lipinski definition) is 5. The molecule has 352 valence electrons. The number of carbonyl (C=O) groups is 2. The van der Waals surface area contributed by atoms with E-state index in [1.165, 1.54) is 70.6 Å². The Kier molecular flexibility index (Phi) is 49.0. The number of carbonyl (C=O) groups excluding carboxylic acids is 2. The molecule has 0 aromatic heterocycles. The van der Waals surface area contributed by atoms with Gasteiger partial charge in [-0.3, -0.25) is 9.59 Å². The molecule has 0 amide bonds. The van der Waals surface area contributed by atoms with Gasteiger partial charge in [0.2, 0.25) is 0 Å². The molecule has 0 rings (SSSR count). The van der Waals surface area contributed by atoms with E-state index in [9.17, 15) is 9.59 Å². The second-order valence-electron chi connectivity index (χ2n) is 16.3. The number of ether oxygens (including phenoxy) is 3. The lowest BCUT2D eigenvalue weighted by atomic mass is 10.0. The third-order valence-corrected chi connectivity index (χ3v) is 10.3. The summed E-state index contributed by atoms with van der Waals surface area (Å²) in [6.07, 6.45) is 71.1. The lowest BCUT2D eigenvalue weighted by Gasteiger charge is -2.18. The molecule has 0 radical (unpaired) electrons. The molecule has 5 heteroatoms. The van der Waals surface area contributed by atoms with Crippen LogP contribution in [-0.4, -0.2) is 37.9 Å². The fourth-order valence-corrected chi connectivity index (χ4v) is 6.61. The van der Waals surface area contributed by atoms with Crippen molar-refractivity contribution in [2.75, 3.05) is 19.8 Å². The lowest BCUT2D eigenvalue weighted by Crippen LogP contribution is -2.30. The summed E-state index contributed by atoms with van der Waals surface area (Å²) in [6.45, 7) is 7.47. The summed E-state index contributed by atoms with van der Waals surface area (Å²) in [5.74, 6) is -0.510. The predicted octanol–water partition coefficient (Wildman–Crippen LogP) is 17.2. The van der Waals surface area contributed by atoms with Gasteiger partial charge in [-0.1, -0.05) is 220 Å². The molecular weight excluding hydrogens is 765 g/mol. The molecule has 1 atom stereocenters. The second kappa shape index (κ2) is 51.9. The van der Waals surface area contributed by atoms with Crippen LogP contribution in [-0.2, 0) is 23.8 Å². The molecular formula is C57H94O5. The lowest BCUT2D eigenvalue weighted by molar-refractivity contribution is -0.162. The van der Waals surface area contributed by atoms with E-state index in [4.69, 9.17) is 14.2 Å². The van der Waals surface area contributed by atoms with E-state index in [-0.39, 0.29) is 25.2 Å². The Bertz CT molecular complexity index is 1250. The van der Waals surface area contributed by atoms with Crippen LogP contribution in [0.3, 0.4) is 0 Å². The van der Waals surface area contributed by atoms with Crippen LogP contribution in [0.4, 0.5) is 0 Å². The maximum absolute atomic E-state index is 12.8. The molecule has 0 aromatic carbocycles. The first-order valence-electron chi connectivity index (χ1n) is 25.4. The summed E-state index contributed by atoms with van der Waals surface area (Å²) in [4.78, 5) is 25.3. The van der Waals surface area contributed by atoms with Crippen LogP contribution in [0.2, 0.25) is 0 Å². The van der Waals surface area contributed by atoms with Crippen molar-refractivity contribution in [3.8, 4) is 0 Å². The Morgan fingerprint density at radius 1 is 0.371 bits per heavy atom. The highest BCUT2D eigenvalue weighted by Crippen LogP contribution is 2.14. The second-order valence-corrected chi connectivity index (χ2v) is 16.3. The number of unbranched alkanes of at least 4 members (excludes halogenated alkanes) is 16. The molecule has 0 spiro atoms. The quantitative estimate of drug-likeness (QED) is 0.0347. The molecule has 5 nitrogen and oxygen atoms in total. The van der Waals surface area contributed by atoms with Crippen molar-refractivity contribution in [2.45, 2.75) is 219 Å². The summed E-state index contributed by atoms with van der Waals surface area (Å²) in [7, 11) is 0. The van der Waals surface area contributed by atoms with Gasteiger partial charge in [-0.25, -0.2) is 0 Å². The van der Waals surface area contributed by atoms with Crippen molar-refractivity contribution < 1.29 is 23.8 Å². The van der Waals surface area contributed by atoms with Crippen LogP contribution in [0.25, 0.3) is 0 Å². The Morgan fingerprint density at radius 2 is 0.758 bits per heavy atom. The molecule has 0 bridgehead atoms. The highest BCUT2D eigenvalue weighted by Gasteiger charge is 2.17. The number of esters is 2. The van der Waals surface area contributed by atoms with Gasteiger partial charge in [0.05, 0.1) is 6.61 Å². The molecule has 0 aromatic rings. The zero-order chi connectivity index (χ0) is 44.9. The summed E-state index contributed by atoms with van der Waals surface area (Å²) in [5, 5.41) is 0. The maximum atomic E-state index is 12.8. The topological polar surface area (TPSA) is 61.8 Å². The molecule has 0 aliphatic rings. The summed E-state index contributed by atoms with van der Waals surface area (Å²) < 4.78 is 17.3. The van der Waals surface area contributed by atoms with E-state index in [1.807, 2.05) is 6.08 Å². The summed E-state index contributed by atoms with van der Waals surface area (Å²) in [6, 6.07) is 0. The Balaban J connectivity index is 4.42. The standard InChI is InChI=1S/C57H94O5/c1-4-7-10-13-16-19-22-25-27-28-29-30-31-33-35-38-41-44-47-50-56(58)61-54-55(53-60-52-49-46-43-40-37-34-26-23-20-17-14-11-8-5-2)62-57(59)51-48-45-42-39-36-32-24-21-18-15-12-9-6-3/h7-8,10-11,16-17,19-20,25-27,29-30,33-35,41,44,55H,4-6,9,12-15,18,21-24,28,31-32,36-40,42-43,45-54H2,1-3H3/b10-7-,11-8-,19-16-,20-17-,27-25-,30-29-,34-26-,35-33-,44-41-. The van der Waals surface area contributed by atoms with Crippen molar-refractivity contribution in [3.05, 3.63) is 109 Å². The SMILES string of the molecule is CC/C=C\C/C=C\C/C=C\C/C=C\C/C=C\C/C=C\CCC(=O)OCC(COCCCCCC/C=C\C/C=C\C/C=C\CC)OC(=O)CCCCCCCCCCCCCCC. The highest BCUT2D eigenvalue weighted by molar-refractivity contribution is 5.70. The van der Waals surface area contributed by atoms with Crippen molar-refractivity contribution in [1.82, 2.24) is 0 Å². The van der Waals surface area contributed by atoms with Gasteiger partial charge in [0.15, 0.2) is 6.10 Å². The molecule has 0 aliphatic heterocycles. The molecule has 0 heterocycles. The summed E-state index contributed by atoms with van der Waals surface area (Å²) >= 11 is 0. The fourth-order valence-electron chi connectivity index (χ4n) is 6.61. The average molecular weight is 859 g/mol. The Hall–Kier alpha value is -3.44. The Labute approximate surface area is 383 Å². The van der Waals surface area contributed by atoms with Gasteiger partial charge in [0.25, 0.3) is 0 Å². The largest absolute Gasteiger partial charge is 0.462 e. The van der Waals surface area contributed by atoms with Gasteiger partial charge in [0, 0.05) is 19.4 Å². The molecule has 0 aliphatic carbocycles. The number of allylic oxidation sites excluding steroid dienone is 18. The van der Waals surface area contributed by atoms with Gasteiger partial charge in [-0.15, -0.1) is 0 Å². The van der Waals surface area contributed by atoms with Crippen LogP contribution >= 0.6 is 0 Å². The first kappa shape index (κ1) is 58.6. The monoisotopic (exact) mass is 859 g/mol. The van der Waals surface area contributed by atoms with Gasteiger partial charge in [-0.2, -0.15) is 0 Å². The molecule has 0 fully saturated rings. The van der Waals surface area contributed by atoms with E-state index < -0.39 is 6.10 Å². The zero-order valence-corrected chi connectivity index (χ0v) is 40.3. The van der Waals surface area contributed by atoms with E-state index in [0.29, 0.717) is 25.9 Å². The van der Waals surface area contributed by atoms with Gasteiger partial charge in [-0.05, 0) is 89.9 Å². The third-order valence-electron chi connectivity index (χ3n) is 10.3. The zero-order valence-electron chi connectivity index (χ0n) is 40.3. The van der Waals surface area contributed by atoms with Gasteiger partial charge < -0.3 is 14.2 Å². The van der Waals surface area contributed by atoms with Crippen molar-refractivity contribution >= 4 is 11.9 Å². The maximum Gasteiger partial charge on any atom is 0.306 e. The Morgan fingerprint density at radius 3 is 1.23 bits per heavy atom. The first-order chi connectivity index (χ1) is 30.6. The van der Waals surface area contributed by atoms with Gasteiger partial charge in [0.1, 0.15) is 6.61 Å². The van der Waals surface area contributed by atoms with E-state index in [2.05, 4.69) is 124 Å². The minimum absolute atomic E-state index is 0.0316. The molecule has 0 N–H and O–H groups in total. The van der Waals surface area contributed by atoms with Crippen molar-refractivity contribution in [1.29, 1.82) is 0 Å². The molecule has 1 unspecified atom stereocenters. The van der Waals surface area contributed by atoms with Crippen LogP contribution < -0.4 is 0 Å². The predicted molar refractivity (Wildman–Crippen MR) is 269 cm³/mol.